The van der Waals surface area contributed by atoms with Gasteiger partial charge >= 0.3 is 0 Å². The highest BCUT2D eigenvalue weighted by molar-refractivity contribution is 6.14. The van der Waals surface area contributed by atoms with Crippen LogP contribution in [0, 0.1) is 18.6 Å². The average molecular weight is 1460 g/mol. The summed E-state index contributed by atoms with van der Waals surface area (Å²) < 4.78 is 37.9. The summed E-state index contributed by atoms with van der Waals surface area (Å²) in [5.41, 5.74) is 15.5. The topological polar surface area (TPSA) is 165 Å². The highest BCUT2D eigenvalue weighted by Crippen LogP contribution is 2.46. The van der Waals surface area contributed by atoms with Crippen molar-refractivity contribution in [2.24, 2.45) is 0 Å². The third kappa shape index (κ3) is 12.7. The Morgan fingerprint density at radius 2 is 0.372 bits per heavy atom. The van der Waals surface area contributed by atoms with Gasteiger partial charge in [-0.05, 0) is 115 Å². The predicted octanol–water partition coefficient (Wildman–Crippen LogP) is 22.9. The molecule has 0 radical (unpaired) electrons. The van der Waals surface area contributed by atoms with Crippen LogP contribution in [0.25, 0.3) is 203 Å². The zero-order chi connectivity index (χ0) is 75.5. The lowest BCUT2D eigenvalue weighted by Crippen LogP contribution is -2.05. The fraction of sp³-hybridized carbons (Fsp3) is 0.0103. The highest BCUT2D eigenvalue weighted by Gasteiger charge is 2.28. The minimum atomic E-state index is -0.751. The smallest absolute Gasteiger partial charge is 0.164 e. The molecule has 0 atom stereocenters. The van der Waals surface area contributed by atoms with E-state index in [2.05, 4.69) is 69.8 Å². The van der Waals surface area contributed by atoms with Crippen molar-refractivity contribution < 1.29 is 8.78 Å². The summed E-state index contributed by atoms with van der Waals surface area (Å²) in [7, 11) is 0. The summed E-state index contributed by atoms with van der Waals surface area (Å²) in [6.07, 6.45) is 0. The number of nitrogens with zero attached hydrogens (tertiary/aromatic N) is 14. The van der Waals surface area contributed by atoms with Crippen LogP contribution < -0.4 is 0 Å². The maximum Gasteiger partial charge on any atom is 0.164 e. The van der Waals surface area contributed by atoms with Crippen molar-refractivity contribution in [1.29, 1.82) is 0 Å². The number of fused-ring (bicyclic) bond motifs is 6. The van der Waals surface area contributed by atoms with Crippen molar-refractivity contribution >= 4 is 43.6 Å². The Bertz CT molecular complexity index is 6040. The molecule has 16 heteroatoms. The van der Waals surface area contributed by atoms with E-state index in [-0.39, 0.29) is 5.56 Å². The summed E-state index contributed by atoms with van der Waals surface area (Å²) in [6.45, 7) is 2.05. The molecule has 532 valence electrons. The molecule has 0 aliphatic carbocycles. The number of hydrogen-bond donors (Lipinski definition) is 0. The maximum atomic E-state index is 16.8. The van der Waals surface area contributed by atoms with Gasteiger partial charge in [0.05, 0.1) is 33.4 Å². The van der Waals surface area contributed by atoms with E-state index in [1.54, 1.807) is 0 Å². The third-order valence-electron chi connectivity index (χ3n) is 20.2. The van der Waals surface area contributed by atoms with Crippen LogP contribution in [0.15, 0.2) is 346 Å². The molecule has 0 unspecified atom stereocenters. The van der Waals surface area contributed by atoms with Crippen LogP contribution in [0.4, 0.5) is 8.78 Å². The van der Waals surface area contributed by atoms with E-state index in [1.165, 1.54) is 12.1 Å². The molecule has 20 aromatic rings. The Labute approximate surface area is 646 Å². The van der Waals surface area contributed by atoms with Gasteiger partial charge in [0.2, 0.25) is 0 Å². The lowest BCUT2D eigenvalue weighted by Gasteiger charge is -2.21. The van der Waals surface area contributed by atoms with Crippen LogP contribution in [-0.2, 0) is 0 Å². The molecule has 0 saturated carbocycles. The lowest BCUT2D eigenvalue weighted by molar-refractivity contribution is 0.584. The molecule has 6 heterocycles. The number of aryl methyl sites for hydroxylation is 1. The molecule has 0 saturated heterocycles. The van der Waals surface area contributed by atoms with E-state index in [0.717, 1.165) is 99.7 Å². The monoisotopic (exact) mass is 1460 g/mol. The third-order valence-corrected chi connectivity index (χ3v) is 20.2. The highest BCUT2D eigenvalue weighted by atomic mass is 19.1. The summed E-state index contributed by atoms with van der Waals surface area (Å²) in [5.74, 6) is 4.38. The number of aromatic nitrogens is 14. The molecule has 14 aromatic carbocycles. The quantitative estimate of drug-likeness (QED) is 0.0955. The Hall–Kier alpha value is -15.4. The molecule has 113 heavy (non-hydrogen) atoms. The molecule has 0 bridgehead atoms. The van der Waals surface area contributed by atoms with Gasteiger partial charge < -0.3 is 9.13 Å². The predicted molar refractivity (Wildman–Crippen MR) is 444 cm³/mol. The fourth-order valence-electron chi connectivity index (χ4n) is 15.0. The Balaban J connectivity index is 0.856. The molecule has 14 nitrogen and oxygen atoms in total. The minimum absolute atomic E-state index is 0.289. The summed E-state index contributed by atoms with van der Waals surface area (Å²) in [4.78, 5) is 62.0. The van der Waals surface area contributed by atoms with Crippen LogP contribution in [-0.4, -0.2) is 68.9 Å². The fourth-order valence-corrected chi connectivity index (χ4v) is 15.0. The van der Waals surface area contributed by atoms with Crippen molar-refractivity contribution in [3.8, 4) is 159 Å². The molecule has 20 rings (SSSR count). The van der Waals surface area contributed by atoms with Crippen molar-refractivity contribution in [3.05, 3.63) is 363 Å². The van der Waals surface area contributed by atoms with Gasteiger partial charge in [-0.15, -0.1) is 0 Å². The van der Waals surface area contributed by atoms with E-state index in [9.17, 15) is 0 Å². The van der Waals surface area contributed by atoms with Crippen molar-refractivity contribution in [1.82, 2.24) is 68.9 Å². The first-order valence-corrected chi connectivity index (χ1v) is 37.0. The van der Waals surface area contributed by atoms with E-state index >= 15 is 8.78 Å². The van der Waals surface area contributed by atoms with Crippen molar-refractivity contribution in [2.45, 2.75) is 6.92 Å². The van der Waals surface area contributed by atoms with E-state index in [0.29, 0.717) is 109 Å². The largest absolute Gasteiger partial charge is 0.309 e. The summed E-state index contributed by atoms with van der Waals surface area (Å²) >= 11 is 0. The zero-order valence-corrected chi connectivity index (χ0v) is 60.4. The first kappa shape index (κ1) is 67.0. The van der Waals surface area contributed by atoms with Crippen LogP contribution >= 0.6 is 0 Å². The Kier molecular flexibility index (Phi) is 16.8. The first-order valence-electron chi connectivity index (χ1n) is 37.0. The lowest BCUT2D eigenvalue weighted by atomic mass is 9.97. The second kappa shape index (κ2) is 28.3. The van der Waals surface area contributed by atoms with E-state index in [1.807, 2.05) is 274 Å². The molecule has 0 spiro atoms. The van der Waals surface area contributed by atoms with Gasteiger partial charge in [0.25, 0.3) is 0 Å². The molecule has 0 aliphatic heterocycles. The second-order valence-electron chi connectivity index (χ2n) is 27.6. The Morgan fingerprint density at radius 3 is 0.566 bits per heavy atom. The number of hydrogen-bond acceptors (Lipinski definition) is 12. The number of rotatable bonds is 15. The molecular formula is C97H60F2N14. The van der Waals surface area contributed by atoms with Crippen LogP contribution in [0.1, 0.15) is 5.56 Å². The van der Waals surface area contributed by atoms with Crippen molar-refractivity contribution in [2.75, 3.05) is 0 Å². The molecule has 0 fully saturated rings. The van der Waals surface area contributed by atoms with E-state index in [4.69, 9.17) is 59.8 Å². The van der Waals surface area contributed by atoms with Crippen LogP contribution in [0.2, 0.25) is 0 Å². The molecule has 0 N–H and O–H groups in total. The van der Waals surface area contributed by atoms with Crippen molar-refractivity contribution in [3.63, 3.8) is 0 Å². The molecule has 0 aliphatic rings. The number of benzene rings is 14. The van der Waals surface area contributed by atoms with Gasteiger partial charge in [0.1, 0.15) is 11.6 Å². The summed E-state index contributed by atoms with van der Waals surface area (Å²) in [6, 6.07) is 112. The van der Waals surface area contributed by atoms with Gasteiger partial charge in [-0.2, -0.15) is 0 Å². The normalized spacial score (nSPS) is 11.5. The average Bonchev–Trinajstić information content (AvgIpc) is 1.56. The first-order chi connectivity index (χ1) is 55.7. The minimum Gasteiger partial charge on any atom is -0.309 e. The molecular weight excluding hydrogens is 1400 g/mol. The van der Waals surface area contributed by atoms with Gasteiger partial charge in [-0.25, -0.2) is 68.6 Å². The maximum absolute atomic E-state index is 16.8. The van der Waals surface area contributed by atoms with Gasteiger partial charge in [0.15, 0.2) is 69.9 Å². The molecule has 0 amide bonds. The van der Waals surface area contributed by atoms with Gasteiger partial charge in [0, 0.05) is 99.9 Å². The summed E-state index contributed by atoms with van der Waals surface area (Å²) in [5, 5.41) is 3.25. The SMILES string of the molecule is Cc1cc(-n2c3ccc(-c4nc(-c5ccccc5)nc(-c5ccccc5)n4)cc3c3cc(-c4nc(-c5ccccc5)nc(-c5ccccc5)n4)ccc32)c(-c2cc(F)cc(F)c2)c(-n2c3ccc(-c4nc(-c5ccccc5)nc(-c5ccccc5)n4)cc3c3cc(-c4nc(-c5ccccc5)nc(-c5ccccc5)n4)ccc32)c1. The zero-order valence-electron chi connectivity index (χ0n) is 60.4. The van der Waals surface area contributed by atoms with Gasteiger partial charge in [-0.3, -0.25) is 0 Å². The molecule has 6 aromatic heterocycles. The van der Waals surface area contributed by atoms with Crippen LogP contribution in [0.5, 0.6) is 0 Å². The standard InChI is InChI=1S/C97H60F2N14/c1-59-50-83(112-79-46-42-68(94-104-86(60-26-10-2-11-27-60)100-87(105-94)61-28-12-3-13-29-61)54-75(79)76-55-69(43-47-80(76)112)95-106-88(62-30-14-4-15-31-62)101-89(107-95)63-32-16-5-17-33-63)85(72-52-73(98)58-74(99)53-72)84(51-59)113-81-48-44-70(96-108-90(64-34-18-6-19-35-64)102-91(109-96)65-36-20-7-21-37-65)56-77(81)78-57-71(45-49-82(78)113)97-110-92(66-38-22-8-23-39-66)103-93(111-97)67-40-24-9-25-41-67/h2-58H,1H3. The Morgan fingerprint density at radius 1 is 0.186 bits per heavy atom. The van der Waals surface area contributed by atoms with E-state index < -0.39 is 11.6 Å². The number of halogens is 2. The van der Waals surface area contributed by atoms with Crippen LogP contribution in [0.3, 0.4) is 0 Å². The second-order valence-corrected chi connectivity index (χ2v) is 27.6. The van der Waals surface area contributed by atoms with Gasteiger partial charge in [-0.1, -0.05) is 243 Å².